The van der Waals surface area contributed by atoms with Gasteiger partial charge in [-0.15, -0.1) is 11.3 Å². The zero-order valence-corrected chi connectivity index (χ0v) is 15.0. The molecule has 0 bridgehead atoms. The number of hydrogen-bond acceptors (Lipinski definition) is 4. The second kappa shape index (κ2) is 8.11. The van der Waals surface area contributed by atoms with Crippen LogP contribution in [0, 0.1) is 5.92 Å². The molecule has 7 heteroatoms. The van der Waals surface area contributed by atoms with Gasteiger partial charge in [0.15, 0.2) is 5.13 Å². The van der Waals surface area contributed by atoms with Crippen LogP contribution in [0.1, 0.15) is 25.5 Å². The number of thiazole rings is 1. The molecule has 0 aliphatic carbocycles. The molecule has 1 saturated heterocycles. The predicted molar refractivity (Wildman–Crippen MR) is 99.9 cm³/mol. The third kappa shape index (κ3) is 5.03. The molecule has 1 aromatic heterocycles. The summed E-state index contributed by atoms with van der Waals surface area (Å²) in [6.07, 6.45) is 2.53. The number of urea groups is 1. The second-order valence-electron chi connectivity index (χ2n) is 6.35. The van der Waals surface area contributed by atoms with Gasteiger partial charge < -0.3 is 10.2 Å². The van der Waals surface area contributed by atoms with Crippen LogP contribution in [0.5, 0.6) is 0 Å². The summed E-state index contributed by atoms with van der Waals surface area (Å²) in [5.74, 6) is 0.671. The van der Waals surface area contributed by atoms with Gasteiger partial charge in [-0.05, 0) is 30.9 Å². The monoisotopic (exact) mass is 358 g/mol. The highest BCUT2D eigenvalue weighted by atomic mass is 32.1. The molecule has 0 unspecified atom stereocenters. The van der Waals surface area contributed by atoms with E-state index >= 15 is 0 Å². The lowest BCUT2D eigenvalue weighted by Crippen LogP contribution is -2.39. The Balaban J connectivity index is 1.51. The molecular formula is C18H22N4O2S. The summed E-state index contributed by atoms with van der Waals surface area (Å²) in [6, 6.07) is 8.87. The van der Waals surface area contributed by atoms with Crippen molar-refractivity contribution in [3.8, 4) is 0 Å². The molecule has 2 heterocycles. The lowest BCUT2D eigenvalue weighted by Gasteiger charge is -2.30. The largest absolute Gasteiger partial charge is 0.342 e. The molecule has 1 aliphatic heterocycles. The van der Waals surface area contributed by atoms with Crippen molar-refractivity contribution in [1.82, 2.24) is 9.88 Å². The van der Waals surface area contributed by atoms with Crippen LogP contribution < -0.4 is 10.6 Å². The molecule has 1 aromatic carbocycles. The van der Waals surface area contributed by atoms with Crippen molar-refractivity contribution >= 4 is 34.1 Å². The van der Waals surface area contributed by atoms with Crippen LogP contribution >= 0.6 is 11.3 Å². The lowest BCUT2D eigenvalue weighted by atomic mass is 10.00. The number of hydrogen-bond donors (Lipinski definition) is 2. The highest BCUT2D eigenvalue weighted by Gasteiger charge is 2.21. The van der Waals surface area contributed by atoms with E-state index in [1.165, 1.54) is 17.8 Å². The Bertz CT molecular complexity index is 732. The topological polar surface area (TPSA) is 74.3 Å². The average molecular weight is 358 g/mol. The van der Waals surface area contributed by atoms with Crippen molar-refractivity contribution in [2.75, 3.05) is 23.7 Å². The van der Waals surface area contributed by atoms with E-state index in [1.54, 1.807) is 0 Å². The number of carbonyl (C=O) groups is 2. The van der Waals surface area contributed by atoms with Crippen molar-refractivity contribution in [3.63, 3.8) is 0 Å². The maximum atomic E-state index is 12.4. The van der Waals surface area contributed by atoms with E-state index in [9.17, 15) is 9.59 Å². The van der Waals surface area contributed by atoms with Crippen molar-refractivity contribution in [2.45, 2.75) is 26.2 Å². The minimum absolute atomic E-state index is 0.108. The van der Waals surface area contributed by atoms with Crippen LogP contribution in [-0.2, 0) is 11.2 Å². The van der Waals surface area contributed by atoms with E-state index < -0.39 is 0 Å². The summed E-state index contributed by atoms with van der Waals surface area (Å²) in [5, 5.41) is 7.75. The fourth-order valence-corrected chi connectivity index (χ4v) is 3.61. The van der Waals surface area contributed by atoms with Gasteiger partial charge in [-0.3, -0.25) is 10.1 Å². The van der Waals surface area contributed by atoms with Gasteiger partial charge in [0, 0.05) is 24.2 Å². The van der Waals surface area contributed by atoms with Crippen LogP contribution in [-0.4, -0.2) is 34.9 Å². The number of amides is 3. The van der Waals surface area contributed by atoms with Gasteiger partial charge in [0.2, 0.25) is 5.91 Å². The van der Waals surface area contributed by atoms with Crippen molar-refractivity contribution in [1.29, 1.82) is 0 Å². The van der Waals surface area contributed by atoms with Crippen LogP contribution in [0.25, 0.3) is 0 Å². The minimum atomic E-state index is -0.344. The number of likely N-dealkylation sites (tertiary alicyclic amines) is 1. The molecule has 0 spiro atoms. The Morgan fingerprint density at radius 2 is 2.08 bits per heavy atom. The molecule has 3 amide bonds. The molecule has 0 radical (unpaired) electrons. The van der Waals surface area contributed by atoms with Gasteiger partial charge in [0.1, 0.15) is 0 Å². The summed E-state index contributed by atoms with van der Waals surface area (Å²) in [5.41, 5.74) is 1.41. The molecule has 6 nitrogen and oxygen atoms in total. The van der Waals surface area contributed by atoms with Crippen molar-refractivity contribution in [2.24, 2.45) is 5.92 Å². The average Bonchev–Trinajstić information content (AvgIpc) is 3.02. The van der Waals surface area contributed by atoms with E-state index in [-0.39, 0.29) is 18.4 Å². The summed E-state index contributed by atoms with van der Waals surface area (Å²) >= 11 is 1.32. The Kier molecular flexibility index (Phi) is 5.65. The van der Waals surface area contributed by atoms with Gasteiger partial charge >= 0.3 is 6.03 Å². The molecular weight excluding hydrogens is 336 g/mol. The van der Waals surface area contributed by atoms with Crippen molar-refractivity contribution < 1.29 is 9.59 Å². The third-order valence-electron chi connectivity index (χ3n) is 4.15. The van der Waals surface area contributed by atoms with E-state index in [2.05, 4.69) is 22.5 Å². The summed E-state index contributed by atoms with van der Waals surface area (Å²) in [6.45, 7) is 3.83. The van der Waals surface area contributed by atoms with Crippen LogP contribution in [0.2, 0.25) is 0 Å². The molecule has 3 rings (SSSR count). The van der Waals surface area contributed by atoms with E-state index in [0.717, 1.165) is 19.5 Å². The highest BCUT2D eigenvalue weighted by molar-refractivity contribution is 7.14. The number of anilines is 2. The first-order valence-electron chi connectivity index (χ1n) is 8.45. The van der Waals surface area contributed by atoms with Crippen molar-refractivity contribution in [3.05, 3.63) is 41.4 Å². The van der Waals surface area contributed by atoms with Gasteiger partial charge in [-0.25, -0.2) is 9.78 Å². The number of nitrogens with one attached hydrogen (secondary N) is 2. The summed E-state index contributed by atoms with van der Waals surface area (Å²) in [4.78, 5) is 30.6. The smallest absolute Gasteiger partial charge is 0.325 e. The number of rotatable bonds is 4. The second-order valence-corrected chi connectivity index (χ2v) is 7.21. The van der Waals surface area contributed by atoms with Gasteiger partial charge in [-0.1, -0.05) is 25.1 Å². The Hall–Kier alpha value is -2.41. The quantitative estimate of drug-likeness (QED) is 0.877. The first kappa shape index (κ1) is 17.4. The predicted octanol–water partition coefficient (Wildman–Crippen LogP) is 3.59. The third-order valence-corrected chi connectivity index (χ3v) is 4.95. The van der Waals surface area contributed by atoms with Gasteiger partial charge in [-0.2, -0.15) is 0 Å². The number of piperidine rings is 1. The SMILES string of the molecule is C[C@H]1CCCN(C(=O)Cc2csc(NC(=O)Nc3ccccc3)n2)C1. The summed E-state index contributed by atoms with van der Waals surface area (Å²) < 4.78 is 0. The normalized spacial score (nSPS) is 17.2. The number of carbonyl (C=O) groups excluding carboxylic acids is 2. The van der Waals surface area contributed by atoms with Crippen LogP contribution in [0.3, 0.4) is 0 Å². The minimum Gasteiger partial charge on any atom is -0.342 e. The summed E-state index contributed by atoms with van der Waals surface area (Å²) in [7, 11) is 0. The van der Waals surface area contributed by atoms with E-state index in [4.69, 9.17) is 0 Å². The molecule has 132 valence electrons. The fraction of sp³-hybridized carbons (Fsp3) is 0.389. The zero-order chi connectivity index (χ0) is 17.6. The van der Waals surface area contributed by atoms with Crippen LogP contribution in [0.4, 0.5) is 15.6 Å². The number of benzene rings is 1. The van der Waals surface area contributed by atoms with Gasteiger partial charge in [0.05, 0.1) is 12.1 Å². The number of aromatic nitrogens is 1. The molecule has 1 aliphatic rings. The Morgan fingerprint density at radius 1 is 1.28 bits per heavy atom. The maximum absolute atomic E-state index is 12.4. The molecule has 1 atom stereocenters. The number of para-hydroxylation sites is 1. The first-order chi connectivity index (χ1) is 12.1. The molecule has 25 heavy (non-hydrogen) atoms. The van der Waals surface area contributed by atoms with E-state index in [0.29, 0.717) is 22.4 Å². The zero-order valence-electron chi connectivity index (χ0n) is 14.2. The fourth-order valence-electron chi connectivity index (χ4n) is 2.91. The first-order valence-corrected chi connectivity index (χ1v) is 9.33. The Morgan fingerprint density at radius 3 is 2.84 bits per heavy atom. The lowest BCUT2D eigenvalue weighted by molar-refractivity contribution is -0.132. The molecule has 1 fully saturated rings. The molecule has 2 aromatic rings. The standard InChI is InChI=1S/C18H22N4O2S/c1-13-6-5-9-22(11-13)16(23)10-15-12-25-18(20-15)21-17(24)19-14-7-3-2-4-8-14/h2-4,7-8,12-13H,5-6,9-11H2,1H3,(H2,19,20,21,24)/t13-/m0/s1. The Labute approximate surface area is 151 Å². The van der Waals surface area contributed by atoms with Gasteiger partial charge in [0.25, 0.3) is 0 Å². The molecule has 0 saturated carbocycles. The van der Waals surface area contributed by atoms with Crippen LogP contribution in [0.15, 0.2) is 35.7 Å². The highest BCUT2D eigenvalue weighted by Crippen LogP contribution is 2.19. The maximum Gasteiger partial charge on any atom is 0.325 e. The van der Waals surface area contributed by atoms with E-state index in [1.807, 2.05) is 40.6 Å². The number of nitrogens with zero attached hydrogens (tertiary/aromatic N) is 2. The molecule has 2 N–H and O–H groups in total.